The fourth-order valence-corrected chi connectivity index (χ4v) is 2.85. The van der Waals surface area contributed by atoms with Gasteiger partial charge >= 0.3 is 0 Å². The van der Waals surface area contributed by atoms with Gasteiger partial charge in [-0.2, -0.15) is 0 Å². The predicted octanol–water partition coefficient (Wildman–Crippen LogP) is 3.70. The standard InChI is InChI=1S/C24H24FN3O3/c1-28(15-19-10-7-11-20(25)14-19)23(29)17-31-27-24(26)21-12-5-6-13-22(21)30-16-18-8-3-2-4-9-18/h2-14H,15-17H2,1H3,(H2,26,27). The average molecular weight is 421 g/mol. The van der Waals surface area contributed by atoms with Gasteiger partial charge in [-0.3, -0.25) is 4.79 Å². The lowest BCUT2D eigenvalue weighted by Crippen LogP contribution is -2.29. The molecule has 0 aliphatic rings. The lowest BCUT2D eigenvalue weighted by Gasteiger charge is -2.16. The number of ether oxygens (including phenoxy) is 1. The van der Waals surface area contributed by atoms with Crippen LogP contribution < -0.4 is 10.5 Å². The number of oxime groups is 1. The molecule has 6 nitrogen and oxygen atoms in total. The lowest BCUT2D eigenvalue weighted by atomic mass is 10.2. The van der Waals surface area contributed by atoms with E-state index in [1.807, 2.05) is 42.5 Å². The number of para-hydroxylation sites is 1. The molecule has 7 heteroatoms. The zero-order valence-corrected chi connectivity index (χ0v) is 17.2. The van der Waals surface area contributed by atoms with E-state index in [1.54, 1.807) is 31.3 Å². The maximum atomic E-state index is 13.3. The Balaban J connectivity index is 1.55. The highest BCUT2D eigenvalue weighted by Crippen LogP contribution is 2.19. The summed E-state index contributed by atoms with van der Waals surface area (Å²) in [7, 11) is 1.61. The second kappa shape index (κ2) is 10.8. The molecule has 0 fully saturated rings. The van der Waals surface area contributed by atoms with Gasteiger partial charge in [0.2, 0.25) is 0 Å². The normalized spacial score (nSPS) is 11.1. The summed E-state index contributed by atoms with van der Waals surface area (Å²) in [4.78, 5) is 18.8. The van der Waals surface area contributed by atoms with E-state index < -0.39 is 0 Å². The highest BCUT2D eigenvalue weighted by molar-refractivity contribution is 5.99. The summed E-state index contributed by atoms with van der Waals surface area (Å²) in [6.45, 7) is 0.351. The molecule has 0 atom stereocenters. The Hall–Kier alpha value is -3.87. The van der Waals surface area contributed by atoms with Crippen molar-refractivity contribution < 1.29 is 18.8 Å². The second-order valence-electron chi connectivity index (χ2n) is 6.90. The van der Waals surface area contributed by atoms with Crippen LogP contribution in [0.3, 0.4) is 0 Å². The zero-order chi connectivity index (χ0) is 22.1. The van der Waals surface area contributed by atoms with Crippen LogP contribution in [0.5, 0.6) is 5.75 Å². The second-order valence-corrected chi connectivity index (χ2v) is 6.90. The van der Waals surface area contributed by atoms with Crippen molar-refractivity contribution in [1.29, 1.82) is 0 Å². The number of carbonyl (C=O) groups is 1. The molecule has 0 saturated carbocycles. The third-order valence-electron chi connectivity index (χ3n) is 4.49. The fourth-order valence-electron chi connectivity index (χ4n) is 2.85. The minimum Gasteiger partial charge on any atom is -0.488 e. The Bertz CT molecular complexity index is 1040. The monoisotopic (exact) mass is 421 g/mol. The summed E-state index contributed by atoms with van der Waals surface area (Å²) < 4.78 is 19.1. The van der Waals surface area contributed by atoms with Gasteiger partial charge in [-0.15, -0.1) is 0 Å². The number of hydrogen-bond donors (Lipinski definition) is 1. The molecule has 0 spiro atoms. The fraction of sp³-hybridized carbons (Fsp3) is 0.167. The number of halogens is 1. The van der Waals surface area contributed by atoms with E-state index in [-0.39, 0.29) is 30.7 Å². The molecule has 0 radical (unpaired) electrons. The molecule has 3 rings (SSSR count). The van der Waals surface area contributed by atoms with Crippen LogP contribution in [0.2, 0.25) is 0 Å². The SMILES string of the molecule is CN(Cc1cccc(F)c1)C(=O)CO/N=C(/N)c1ccccc1OCc1ccccc1. The molecule has 0 heterocycles. The molecule has 0 unspecified atom stereocenters. The minimum absolute atomic E-state index is 0.101. The summed E-state index contributed by atoms with van der Waals surface area (Å²) >= 11 is 0. The maximum absolute atomic E-state index is 13.3. The highest BCUT2D eigenvalue weighted by atomic mass is 19.1. The molecular weight excluding hydrogens is 397 g/mol. The van der Waals surface area contributed by atoms with Crippen LogP contribution in [-0.2, 0) is 22.8 Å². The Morgan fingerprint density at radius 2 is 1.71 bits per heavy atom. The van der Waals surface area contributed by atoms with Crippen molar-refractivity contribution in [2.24, 2.45) is 10.9 Å². The summed E-state index contributed by atoms with van der Waals surface area (Å²) in [6.07, 6.45) is 0. The highest BCUT2D eigenvalue weighted by Gasteiger charge is 2.12. The van der Waals surface area contributed by atoms with E-state index in [2.05, 4.69) is 5.16 Å². The first-order valence-corrected chi connectivity index (χ1v) is 9.73. The average Bonchev–Trinajstić information content (AvgIpc) is 2.78. The summed E-state index contributed by atoms with van der Waals surface area (Å²) in [5.74, 6) is 0.00421. The number of amidine groups is 1. The van der Waals surface area contributed by atoms with E-state index in [9.17, 15) is 9.18 Å². The van der Waals surface area contributed by atoms with Crippen LogP contribution in [0, 0.1) is 5.82 Å². The molecule has 3 aromatic carbocycles. The number of likely N-dealkylation sites (N-methyl/N-ethyl adjacent to an activating group) is 1. The van der Waals surface area contributed by atoms with Crippen LogP contribution >= 0.6 is 0 Å². The van der Waals surface area contributed by atoms with Crippen molar-refractivity contribution in [3.63, 3.8) is 0 Å². The zero-order valence-electron chi connectivity index (χ0n) is 17.2. The van der Waals surface area contributed by atoms with Crippen LogP contribution in [0.15, 0.2) is 84.0 Å². The molecular formula is C24H24FN3O3. The molecule has 0 aliphatic heterocycles. The summed E-state index contributed by atoms with van der Waals surface area (Å²) in [6, 6.07) is 23.0. The van der Waals surface area contributed by atoms with Crippen LogP contribution in [-0.4, -0.2) is 30.3 Å². The minimum atomic E-state index is -0.347. The van der Waals surface area contributed by atoms with Gasteiger partial charge in [0.15, 0.2) is 12.4 Å². The first-order valence-electron chi connectivity index (χ1n) is 9.73. The molecule has 0 saturated heterocycles. The first kappa shape index (κ1) is 21.8. The van der Waals surface area contributed by atoms with E-state index in [4.69, 9.17) is 15.3 Å². The number of nitrogens with zero attached hydrogens (tertiary/aromatic N) is 2. The van der Waals surface area contributed by atoms with E-state index in [0.717, 1.165) is 5.56 Å². The Morgan fingerprint density at radius 3 is 2.48 bits per heavy atom. The topological polar surface area (TPSA) is 77.2 Å². The first-order chi connectivity index (χ1) is 15.0. The van der Waals surface area contributed by atoms with Gasteiger partial charge in [0.25, 0.3) is 5.91 Å². The van der Waals surface area contributed by atoms with Gasteiger partial charge in [-0.05, 0) is 35.4 Å². The van der Waals surface area contributed by atoms with Crippen LogP contribution in [0.1, 0.15) is 16.7 Å². The van der Waals surface area contributed by atoms with Crippen LogP contribution in [0.25, 0.3) is 0 Å². The van der Waals surface area contributed by atoms with Gasteiger partial charge < -0.3 is 20.2 Å². The summed E-state index contributed by atoms with van der Waals surface area (Å²) in [5, 5.41) is 3.86. The van der Waals surface area contributed by atoms with E-state index in [0.29, 0.717) is 23.5 Å². The smallest absolute Gasteiger partial charge is 0.263 e. The van der Waals surface area contributed by atoms with Crippen molar-refractivity contribution in [3.05, 3.63) is 101 Å². The number of rotatable bonds is 9. The number of benzene rings is 3. The van der Waals surface area contributed by atoms with Crippen LogP contribution in [0.4, 0.5) is 4.39 Å². The molecule has 1 amide bonds. The molecule has 0 bridgehead atoms. The third kappa shape index (κ3) is 6.57. The van der Waals surface area contributed by atoms with Crippen molar-refractivity contribution >= 4 is 11.7 Å². The van der Waals surface area contributed by atoms with E-state index in [1.165, 1.54) is 17.0 Å². The number of hydrogen-bond acceptors (Lipinski definition) is 4. The van der Waals surface area contributed by atoms with Crippen molar-refractivity contribution in [2.75, 3.05) is 13.7 Å². The van der Waals surface area contributed by atoms with Gasteiger partial charge in [0.1, 0.15) is 18.2 Å². The number of amides is 1. The molecule has 3 aromatic rings. The third-order valence-corrected chi connectivity index (χ3v) is 4.49. The molecule has 0 aliphatic carbocycles. The van der Waals surface area contributed by atoms with Gasteiger partial charge in [-0.25, -0.2) is 4.39 Å². The Morgan fingerprint density at radius 1 is 1.00 bits per heavy atom. The maximum Gasteiger partial charge on any atom is 0.263 e. The number of nitrogens with two attached hydrogens (primary N) is 1. The van der Waals surface area contributed by atoms with Gasteiger partial charge in [0.05, 0.1) is 5.56 Å². The van der Waals surface area contributed by atoms with Crippen molar-refractivity contribution in [3.8, 4) is 5.75 Å². The van der Waals surface area contributed by atoms with Gasteiger partial charge in [-0.1, -0.05) is 59.8 Å². The predicted molar refractivity (Wildman–Crippen MR) is 117 cm³/mol. The largest absolute Gasteiger partial charge is 0.488 e. The quantitative estimate of drug-likeness (QED) is 0.325. The Kier molecular flexibility index (Phi) is 7.59. The molecule has 160 valence electrons. The Labute approximate surface area is 180 Å². The molecule has 31 heavy (non-hydrogen) atoms. The molecule has 2 N–H and O–H groups in total. The number of carbonyl (C=O) groups excluding carboxylic acids is 1. The lowest BCUT2D eigenvalue weighted by molar-refractivity contribution is -0.135. The van der Waals surface area contributed by atoms with E-state index >= 15 is 0 Å². The van der Waals surface area contributed by atoms with Crippen molar-refractivity contribution in [1.82, 2.24) is 4.90 Å². The van der Waals surface area contributed by atoms with Crippen molar-refractivity contribution in [2.45, 2.75) is 13.2 Å². The summed E-state index contributed by atoms with van der Waals surface area (Å²) in [5.41, 5.74) is 8.32. The van der Waals surface area contributed by atoms with Gasteiger partial charge in [0, 0.05) is 13.6 Å². The molecule has 0 aromatic heterocycles.